The number of hydrogen-bond donors (Lipinski definition) is 0. The molecular weight excluding hydrogens is 268 g/mol. The summed E-state index contributed by atoms with van der Waals surface area (Å²) >= 11 is -1.43. The third kappa shape index (κ3) is 2.96. The molecule has 5 heteroatoms. The van der Waals surface area contributed by atoms with Gasteiger partial charge in [-0.05, 0) is 0 Å². The minimum atomic E-state index is -1.43. The van der Waals surface area contributed by atoms with E-state index < -0.39 is 42.4 Å². The zero-order valence-corrected chi connectivity index (χ0v) is 10.0. The number of halogens is 4. The Bertz CT molecular complexity index is 505. The van der Waals surface area contributed by atoms with Crippen LogP contribution in [0.25, 0.3) is 0 Å². The molecule has 2 rings (SSSR count). The second-order valence-corrected chi connectivity index (χ2v) is 5.45. The van der Waals surface area contributed by atoms with Crippen molar-refractivity contribution in [2.24, 2.45) is 0 Å². The second-order valence-electron chi connectivity index (χ2n) is 3.37. The van der Waals surface area contributed by atoms with Crippen molar-refractivity contribution >= 4 is 7.74 Å². The summed E-state index contributed by atoms with van der Waals surface area (Å²) in [5.74, 6) is -2.34. The summed E-state index contributed by atoms with van der Waals surface area (Å²) in [7, 11) is 0. The Hall–Kier alpha value is -1.13. The quantitative estimate of drug-likeness (QED) is 0.582. The maximum absolute atomic E-state index is 13.3. The first-order valence-corrected chi connectivity index (χ1v) is 6.29. The molecule has 0 saturated carbocycles. The molecule has 0 bridgehead atoms. The van der Waals surface area contributed by atoms with Gasteiger partial charge in [-0.2, -0.15) is 0 Å². The first kappa shape index (κ1) is 12.3. The standard InChI is InChI=1S/2C6H3F2.Ti/c2*7-5-1-2-6(8)4-3-5;/h2*1-3H;. The SMILES string of the molecule is Fc1ccc(F)[c]([Ti][c]2cc(F)ccc2F)c1. The van der Waals surface area contributed by atoms with E-state index >= 15 is 0 Å². The fourth-order valence-electron chi connectivity index (χ4n) is 1.33. The van der Waals surface area contributed by atoms with E-state index in [0.717, 1.165) is 36.4 Å². The number of benzene rings is 2. The van der Waals surface area contributed by atoms with E-state index in [1.165, 1.54) is 0 Å². The maximum atomic E-state index is 13.3. The van der Waals surface area contributed by atoms with Gasteiger partial charge >= 0.3 is 104 Å². The summed E-state index contributed by atoms with van der Waals surface area (Å²) in [6, 6.07) is 6.02. The van der Waals surface area contributed by atoms with Crippen molar-refractivity contribution in [1.29, 1.82) is 0 Å². The van der Waals surface area contributed by atoms with Crippen molar-refractivity contribution in [2.45, 2.75) is 0 Å². The van der Waals surface area contributed by atoms with Crippen LogP contribution >= 0.6 is 0 Å². The number of hydrogen-bond acceptors (Lipinski definition) is 0. The Morgan fingerprint density at radius 2 is 1.06 bits per heavy atom. The zero-order valence-electron chi connectivity index (χ0n) is 8.48. The zero-order chi connectivity index (χ0) is 12.4. The van der Waals surface area contributed by atoms with Crippen LogP contribution in [-0.2, 0) is 19.2 Å². The van der Waals surface area contributed by atoms with Gasteiger partial charge in [0.15, 0.2) is 0 Å². The topological polar surface area (TPSA) is 0 Å². The molecule has 0 nitrogen and oxygen atoms in total. The van der Waals surface area contributed by atoms with Gasteiger partial charge < -0.3 is 0 Å². The van der Waals surface area contributed by atoms with Crippen LogP contribution in [0.15, 0.2) is 36.4 Å². The molecule has 0 aliphatic heterocycles. The Labute approximate surface area is 104 Å². The van der Waals surface area contributed by atoms with Crippen LogP contribution < -0.4 is 7.74 Å². The molecule has 0 aliphatic carbocycles. The molecule has 0 fully saturated rings. The fourth-order valence-corrected chi connectivity index (χ4v) is 3.07. The molecule has 0 aliphatic rings. The summed E-state index contributed by atoms with van der Waals surface area (Å²) in [6.45, 7) is 0. The molecule has 0 N–H and O–H groups in total. The molecular formula is C12H6F4Ti. The van der Waals surface area contributed by atoms with Gasteiger partial charge in [0, 0.05) is 0 Å². The molecule has 0 atom stereocenters. The van der Waals surface area contributed by atoms with E-state index in [-0.39, 0.29) is 7.74 Å². The summed E-state index contributed by atoms with van der Waals surface area (Å²) in [6.07, 6.45) is 0. The minimum absolute atomic E-state index is 0.120. The van der Waals surface area contributed by atoms with Gasteiger partial charge in [0.2, 0.25) is 0 Å². The van der Waals surface area contributed by atoms with Gasteiger partial charge in [0.25, 0.3) is 0 Å². The van der Waals surface area contributed by atoms with Crippen molar-refractivity contribution in [2.75, 3.05) is 0 Å². The van der Waals surface area contributed by atoms with Crippen LogP contribution in [0, 0.1) is 23.3 Å². The average Bonchev–Trinajstić information content (AvgIpc) is 2.28. The molecule has 0 spiro atoms. The molecule has 0 heterocycles. The van der Waals surface area contributed by atoms with Crippen molar-refractivity contribution in [3.8, 4) is 0 Å². The second kappa shape index (κ2) is 5.02. The molecule has 0 amide bonds. The molecule has 2 aromatic carbocycles. The Kier molecular flexibility index (Phi) is 3.64. The first-order valence-electron chi connectivity index (χ1n) is 4.73. The predicted molar refractivity (Wildman–Crippen MR) is 52.0 cm³/mol. The van der Waals surface area contributed by atoms with E-state index in [1.54, 1.807) is 0 Å². The van der Waals surface area contributed by atoms with Gasteiger partial charge in [-0.3, -0.25) is 0 Å². The van der Waals surface area contributed by atoms with Gasteiger partial charge in [-0.25, -0.2) is 0 Å². The molecule has 17 heavy (non-hydrogen) atoms. The summed E-state index contributed by atoms with van der Waals surface area (Å²) in [5, 5.41) is 0. The molecule has 0 unspecified atom stereocenters. The van der Waals surface area contributed by atoms with E-state index in [1.807, 2.05) is 0 Å². The van der Waals surface area contributed by atoms with Crippen molar-refractivity contribution in [3.05, 3.63) is 59.7 Å². The monoisotopic (exact) mass is 274 g/mol. The van der Waals surface area contributed by atoms with E-state index in [0.29, 0.717) is 0 Å². The predicted octanol–water partition coefficient (Wildman–Crippen LogP) is 2.28. The Morgan fingerprint density at radius 3 is 1.47 bits per heavy atom. The van der Waals surface area contributed by atoms with Crippen molar-refractivity contribution in [1.82, 2.24) is 0 Å². The third-order valence-corrected chi connectivity index (χ3v) is 4.16. The molecule has 0 saturated heterocycles. The van der Waals surface area contributed by atoms with Gasteiger partial charge in [-0.1, -0.05) is 0 Å². The summed E-state index contributed by atoms with van der Waals surface area (Å²) in [4.78, 5) is 0. The van der Waals surface area contributed by atoms with Crippen LogP contribution in [0.4, 0.5) is 17.6 Å². The van der Waals surface area contributed by atoms with Crippen LogP contribution in [0.5, 0.6) is 0 Å². The van der Waals surface area contributed by atoms with Gasteiger partial charge in [0.05, 0.1) is 0 Å². The molecule has 0 aromatic heterocycles. The molecule has 2 aromatic rings. The molecule has 0 radical (unpaired) electrons. The van der Waals surface area contributed by atoms with Crippen molar-refractivity contribution in [3.63, 3.8) is 0 Å². The van der Waals surface area contributed by atoms with Crippen molar-refractivity contribution < 1.29 is 36.7 Å². The summed E-state index contributed by atoms with van der Waals surface area (Å²) in [5.41, 5.74) is 0. The van der Waals surface area contributed by atoms with Crippen LogP contribution in [0.2, 0.25) is 0 Å². The fraction of sp³-hybridized carbons (Fsp3) is 0. The Balaban J connectivity index is 2.37. The Morgan fingerprint density at radius 1 is 0.647 bits per heavy atom. The van der Waals surface area contributed by atoms with Gasteiger partial charge in [0.1, 0.15) is 0 Å². The van der Waals surface area contributed by atoms with Crippen LogP contribution in [-0.4, -0.2) is 0 Å². The van der Waals surface area contributed by atoms with E-state index in [2.05, 4.69) is 0 Å². The van der Waals surface area contributed by atoms with E-state index in [9.17, 15) is 17.6 Å². The van der Waals surface area contributed by atoms with E-state index in [4.69, 9.17) is 0 Å². The summed E-state index contributed by atoms with van der Waals surface area (Å²) < 4.78 is 52.7. The third-order valence-electron chi connectivity index (χ3n) is 2.13. The van der Waals surface area contributed by atoms with Gasteiger partial charge in [-0.15, -0.1) is 0 Å². The van der Waals surface area contributed by atoms with Crippen LogP contribution in [0.1, 0.15) is 0 Å². The van der Waals surface area contributed by atoms with Crippen LogP contribution in [0.3, 0.4) is 0 Å². The normalized spacial score (nSPS) is 10.4. The first-order chi connectivity index (χ1) is 8.06. The molecule has 86 valence electrons. The number of rotatable bonds is 2. The average molecular weight is 274 g/mol.